The van der Waals surface area contributed by atoms with Crippen LogP contribution in [0, 0.1) is 0 Å². The van der Waals surface area contributed by atoms with E-state index in [1.54, 1.807) is 0 Å². The van der Waals surface area contributed by atoms with E-state index in [9.17, 15) is 0 Å². The first-order chi connectivity index (χ1) is 8.16. The van der Waals surface area contributed by atoms with Gasteiger partial charge in [0.25, 0.3) is 0 Å². The van der Waals surface area contributed by atoms with Crippen LogP contribution in [0.5, 0.6) is 0 Å². The molecule has 1 heterocycles. The van der Waals surface area contributed by atoms with Crippen LogP contribution in [0.4, 0.5) is 0 Å². The minimum Gasteiger partial charge on any atom is -0.327 e. The highest BCUT2D eigenvalue weighted by Gasteiger charge is 2.24. The molecule has 3 N–H and O–H groups in total. The summed E-state index contributed by atoms with van der Waals surface area (Å²) in [6.07, 6.45) is 0. The Balaban J connectivity index is 2.15. The van der Waals surface area contributed by atoms with Crippen LogP contribution in [0.25, 0.3) is 0 Å². The van der Waals surface area contributed by atoms with E-state index in [0.29, 0.717) is 6.04 Å². The molecule has 1 saturated heterocycles. The Morgan fingerprint density at radius 2 is 2.41 bits per heavy atom. The first-order valence-corrected chi connectivity index (χ1v) is 6.50. The Morgan fingerprint density at radius 3 is 3.12 bits per heavy atom. The van der Waals surface area contributed by atoms with E-state index in [1.807, 2.05) is 18.2 Å². The van der Waals surface area contributed by atoms with Gasteiger partial charge < -0.3 is 11.1 Å². The lowest BCUT2D eigenvalue weighted by Crippen LogP contribution is -2.49. The summed E-state index contributed by atoms with van der Waals surface area (Å²) in [5.41, 5.74) is 7.17. The molecule has 1 aliphatic rings. The molecule has 0 spiro atoms. The van der Waals surface area contributed by atoms with Crippen LogP contribution in [-0.4, -0.2) is 37.1 Å². The summed E-state index contributed by atoms with van der Waals surface area (Å²) in [5.74, 6) is 0. The number of halogens is 1. The van der Waals surface area contributed by atoms with Gasteiger partial charge in [0.2, 0.25) is 0 Å². The van der Waals surface area contributed by atoms with E-state index in [1.165, 1.54) is 5.56 Å². The number of benzene rings is 1. The third kappa shape index (κ3) is 3.42. The molecule has 0 amide bonds. The molecule has 0 aliphatic carbocycles. The Bertz CT molecular complexity index is 367. The number of hydrogen-bond donors (Lipinski definition) is 2. The number of nitrogens with zero attached hydrogens (tertiary/aromatic N) is 1. The van der Waals surface area contributed by atoms with Gasteiger partial charge in [0.1, 0.15) is 0 Å². The second kappa shape index (κ2) is 5.83. The molecule has 3 nitrogen and oxygen atoms in total. The lowest BCUT2D eigenvalue weighted by Gasteiger charge is -2.37. The second-order valence-electron chi connectivity index (χ2n) is 4.75. The Hall–Kier alpha value is -0.610. The van der Waals surface area contributed by atoms with Crippen molar-refractivity contribution in [1.82, 2.24) is 10.2 Å². The van der Waals surface area contributed by atoms with Crippen LogP contribution < -0.4 is 11.1 Å². The average Bonchev–Trinajstić information content (AvgIpc) is 2.29. The van der Waals surface area contributed by atoms with Crippen molar-refractivity contribution in [3.8, 4) is 0 Å². The minimum atomic E-state index is 0.204. The third-order valence-corrected chi connectivity index (χ3v) is 3.35. The molecule has 1 fully saturated rings. The normalized spacial score (nSPS) is 23.6. The summed E-state index contributed by atoms with van der Waals surface area (Å²) in [4.78, 5) is 2.44. The quantitative estimate of drug-likeness (QED) is 0.861. The van der Waals surface area contributed by atoms with Gasteiger partial charge in [0, 0.05) is 43.3 Å². The summed E-state index contributed by atoms with van der Waals surface area (Å²) in [5, 5.41) is 4.23. The van der Waals surface area contributed by atoms with Crippen LogP contribution in [0.1, 0.15) is 18.5 Å². The maximum Gasteiger partial charge on any atom is 0.0474 e. The molecule has 2 unspecified atom stereocenters. The molecule has 4 heteroatoms. The van der Waals surface area contributed by atoms with Crippen LogP contribution in [0.3, 0.4) is 0 Å². The highest BCUT2D eigenvalue weighted by Crippen LogP contribution is 2.24. The van der Waals surface area contributed by atoms with E-state index >= 15 is 0 Å². The number of rotatable bonds is 3. The lowest BCUT2D eigenvalue weighted by atomic mass is 10.0. The predicted octanol–water partition coefficient (Wildman–Crippen LogP) is 1.63. The molecule has 0 bridgehead atoms. The zero-order chi connectivity index (χ0) is 12.3. The Kier molecular flexibility index (Phi) is 4.40. The minimum absolute atomic E-state index is 0.204. The SMILES string of the molecule is CC(N)CN1CCNCC1c1cccc(Cl)c1. The highest BCUT2D eigenvalue weighted by atomic mass is 35.5. The van der Waals surface area contributed by atoms with Crippen LogP contribution in [0.2, 0.25) is 5.02 Å². The van der Waals surface area contributed by atoms with Crippen LogP contribution in [0.15, 0.2) is 24.3 Å². The third-order valence-electron chi connectivity index (χ3n) is 3.11. The molecule has 0 radical (unpaired) electrons. The number of nitrogens with two attached hydrogens (primary N) is 1. The van der Waals surface area contributed by atoms with E-state index in [0.717, 1.165) is 31.2 Å². The molecule has 1 aromatic carbocycles. The van der Waals surface area contributed by atoms with Crippen molar-refractivity contribution in [2.45, 2.75) is 19.0 Å². The molecular weight excluding hydrogens is 234 g/mol. The van der Waals surface area contributed by atoms with Gasteiger partial charge in [-0.15, -0.1) is 0 Å². The smallest absolute Gasteiger partial charge is 0.0474 e. The van der Waals surface area contributed by atoms with Crippen LogP contribution >= 0.6 is 11.6 Å². The van der Waals surface area contributed by atoms with Gasteiger partial charge in [-0.25, -0.2) is 0 Å². The van der Waals surface area contributed by atoms with Gasteiger partial charge in [-0.1, -0.05) is 23.7 Å². The maximum atomic E-state index is 6.05. The first kappa shape index (κ1) is 12.8. The number of piperazine rings is 1. The Morgan fingerprint density at radius 1 is 1.59 bits per heavy atom. The van der Waals surface area contributed by atoms with Gasteiger partial charge in [0.05, 0.1) is 0 Å². The largest absolute Gasteiger partial charge is 0.327 e. The van der Waals surface area contributed by atoms with Crippen molar-refractivity contribution in [2.75, 3.05) is 26.2 Å². The maximum absolute atomic E-state index is 6.05. The van der Waals surface area contributed by atoms with Gasteiger partial charge in [-0.05, 0) is 24.6 Å². The molecule has 2 rings (SSSR count). The van der Waals surface area contributed by atoms with Crippen molar-refractivity contribution < 1.29 is 0 Å². The van der Waals surface area contributed by atoms with Crippen molar-refractivity contribution in [1.29, 1.82) is 0 Å². The second-order valence-corrected chi connectivity index (χ2v) is 5.18. The zero-order valence-corrected chi connectivity index (χ0v) is 11.0. The molecule has 2 atom stereocenters. The average molecular weight is 254 g/mol. The number of hydrogen-bond acceptors (Lipinski definition) is 3. The first-order valence-electron chi connectivity index (χ1n) is 6.12. The Labute approximate surface area is 108 Å². The fourth-order valence-corrected chi connectivity index (χ4v) is 2.58. The summed E-state index contributed by atoms with van der Waals surface area (Å²) in [7, 11) is 0. The highest BCUT2D eigenvalue weighted by molar-refractivity contribution is 6.30. The summed E-state index contributed by atoms with van der Waals surface area (Å²) < 4.78 is 0. The molecular formula is C13H20ClN3. The van der Waals surface area contributed by atoms with Crippen molar-refractivity contribution in [2.24, 2.45) is 5.73 Å². The molecule has 0 aromatic heterocycles. The van der Waals surface area contributed by atoms with Crippen LogP contribution in [-0.2, 0) is 0 Å². The molecule has 1 aliphatic heterocycles. The van der Waals surface area contributed by atoms with E-state index in [2.05, 4.69) is 23.2 Å². The molecule has 0 saturated carbocycles. The monoisotopic (exact) mass is 253 g/mol. The lowest BCUT2D eigenvalue weighted by molar-refractivity contribution is 0.155. The fourth-order valence-electron chi connectivity index (χ4n) is 2.38. The van der Waals surface area contributed by atoms with Gasteiger partial charge >= 0.3 is 0 Å². The molecule has 94 valence electrons. The number of nitrogens with one attached hydrogen (secondary N) is 1. The van der Waals surface area contributed by atoms with E-state index in [4.69, 9.17) is 17.3 Å². The van der Waals surface area contributed by atoms with Gasteiger partial charge in [-0.2, -0.15) is 0 Å². The van der Waals surface area contributed by atoms with Crippen molar-refractivity contribution >= 4 is 11.6 Å². The van der Waals surface area contributed by atoms with Crippen molar-refractivity contribution in [3.05, 3.63) is 34.9 Å². The van der Waals surface area contributed by atoms with E-state index < -0.39 is 0 Å². The summed E-state index contributed by atoms with van der Waals surface area (Å²) >= 11 is 6.05. The van der Waals surface area contributed by atoms with Crippen molar-refractivity contribution in [3.63, 3.8) is 0 Å². The standard InChI is InChI=1S/C13H20ClN3/c1-10(15)9-17-6-5-16-8-13(17)11-3-2-4-12(14)7-11/h2-4,7,10,13,16H,5-6,8-9,15H2,1H3. The summed E-state index contributed by atoms with van der Waals surface area (Å²) in [6.45, 7) is 6.02. The fraction of sp³-hybridized carbons (Fsp3) is 0.538. The molecule has 1 aromatic rings. The van der Waals surface area contributed by atoms with E-state index in [-0.39, 0.29) is 6.04 Å². The topological polar surface area (TPSA) is 41.3 Å². The van der Waals surface area contributed by atoms with Gasteiger partial charge in [0.15, 0.2) is 0 Å². The summed E-state index contributed by atoms with van der Waals surface area (Å²) in [6, 6.07) is 8.70. The predicted molar refractivity (Wildman–Crippen MR) is 72.3 cm³/mol. The zero-order valence-electron chi connectivity index (χ0n) is 10.2. The molecule has 17 heavy (non-hydrogen) atoms. The van der Waals surface area contributed by atoms with Gasteiger partial charge in [-0.3, -0.25) is 4.90 Å².